The number of carbonyl (C=O) groups is 1. The second-order valence-corrected chi connectivity index (χ2v) is 6.57. The summed E-state index contributed by atoms with van der Waals surface area (Å²) in [5, 5.41) is 5.94. The van der Waals surface area contributed by atoms with Gasteiger partial charge in [-0.05, 0) is 37.8 Å². The van der Waals surface area contributed by atoms with Crippen molar-refractivity contribution in [3.63, 3.8) is 0 Å². The van der Waals surface area contributed by atoms with Crippen molar-refractivity contribution >= 4 is 11.7 Å². The van der Waals surface area contributed by atoms with Gasteiger partial charge in [0.25, 0.3) is 0 Å². The predicted octanol–water partition coefficient (Wildman–Crippen LogP) is 2.83. The zero-order valence-corrected chi connectivity index (χ0v) is 14.5. The highest BCUT2D eigenvalue weighted by Crippen LogP contribution is 2.22. The van der Waals surface area contributed by atoms with Gasteiger partial charge >= 0.3 is 6.03 Å². The summed E-state index contributed by atoms with van der Waals surface area (Å²) in [4.78, 5) is 14.1. The third-order valence-corrected chi connectivity index (χ3v) is 4.74. The van der Waals surface area contributed by atoms with Crippen molar-refractivity contribution in [2.45, 2.75) is 31.7 Å². The summed E-state index contributed by atoms with van der Waals surface area (Å²) in [7, 11) is 0. The number of amides is 2. The minimum absolute atomic E-state index is 0.0376. The molecule has 25 heavy (non-hydrogen) atoms. The second kappa shape index (κ2) is 8.85. The van der Waals surface area contributed by atoms with Gasteiger partial charge in [0.05, 0.1) is 18.9 Å². The van der Waals surface area contributed by atoms with E-state index in [1.807, 2.05) is 11.0 Å². The molecule has 1 saturated heterocycles. The van der Waals surface area contributed by atoms with Crippen molar-refractivity contribution in [1.82, 2.24) is 10.6 Å². The summed E-state index contributed by atoms with van der Waals surface area (Å²) in [5.41, 5.74) is 1.95. The van der Waals surface area contributed by atoms with Gasteiger partial charge in [-0.25, -0.2) is 9.18 Å². The molecule has 1 aromatic carbocycles. The molecule has 0 aliphatic carbocycles. The number of ether oxygens (including phenoxy) is 1. The molecule has 0 saturated carbocycles. The molecular weight excluding hydrogens is 321 g/mol. The molecular formula is C19H26FN3O2. The lowest BCUT2D eigenvalue weighted by Crippen LogP contribution is -2.50. The summed E-state index contributed by atoms with van der Waals surface area (Å²) < 4.78 is 19.2. The van der Waals surface area contributed by atoms with Crippen LogP contribution in [0.3, 0.4) is 0 Å². The van der Waals surface area contributed by atoms with Gasteiger partial charge in [-0.1, -0.05) is 23.8 Å². The first-order chi connectivity index (χ1) is 12.2. The van der Waals surface area contributed by atoms with Crippen LogP contribution in [0.2, 0.25) is 0 Å². The van der Waals surface area contributed by atoms with E-state index in [4.69, 9.17) is 4.74 Å². The molecule has 0 aromatic heterocycles. The van der Waals surface area contributed by atoms with Crippen molar-refractivity contribution in [3.8, 4) is 0 Å². The Balaban J connectivity index is 1.43. The number of anilines is 1. The van der Waals surface area contributed by atoms with E-state index >= 15 is 0 Å². The van der Waals surface area contributed by atoms with Crippen LogP contribution >= 0.6 is 0 Å². The molecule has 2 aliphatic heterocycles. The fraction of sp³-hybridized carbons (Fsp3) is 0.526. The summed E-state index contributed by atoms with van der Waals surface area (Å²) in [6.45, 7) is 3.52. The topological polar surface area (TPSA) is 53.6 Å². The second-order valence-electron chi connectivity index (χ2n) is 6.57. The van der Waals surface area contributed by atoms with Crippen LogP contribution in [0.15, 0.2) is 35.9 Å². The molecule has 5 nitrogen and oxygen atoms in total. The molecule has 6 heteroatoms. The summed E-state index contributed by atoms with van der Waals surface area (Å²) in [6.07, 6.45) is 5.76. The van der Waals surface area contributed by atoms with Gasteiger partial charge in [0.2, 0.25) is 0 Å². The van der Waals surface area contributed by atoms with Gasteiger partial charge in [0.1, 0.15) is 5.82 Å². The van der Waals surface area contributed by atoms with E-state index in [-0.39, 0.29) is 17.9 Å². The van der Waals surface area contributed by atoms with Gasteiger partial charge in [-0.3, -0.25) is 0 Å². The molecule has 1 fully saturated rings. The number of halogens is 1. The van der Waals surface area contributed by atoms with Crippen molar-refractivity contribution in [3.05, 3.63) is 41.7 Å². The Morgan fingerprint density at radius 1 is 1.36 bits per heavy atom. The van der Waals surface area contributed by atoms with Crippen LogP contribution in [0.25, 0.3) is 0 Å². The zero-order chi connectivity index (χ0) is 17.5. The number of carbonyl (C=O) groups excluding carboxylic acids is 1. The molecule has 136 valence electrons. The molecule has 2 heterocycles. The van der Waals surface area contributed by atoms with Crippen LogP contribution in [0.1, 0.15) is 25.7 Å². The SMILES string of the molecule is O=C(NCCC1=CCOCC1)N[C@H]1CCCN(c2ccccc2F)C1. The highest BCUT2D eigenvalue weighted by molar-refractivity contribution is 5.74. The number of para-hydroxylation sites is 1. The first kappa shape index (κ1) is 17.7. The van der Waals surface area contributed by atoms with Gasteiger partial charge in [-0.15, -0.1) is 0 Å². The first-order valence-corrected chi connectivity index (χ1v) is 9.02. The predicted molar refractivity (Wildman–Crippen MR) is 96.3 cm³/mol. The molecule has 2 N–H and O–H groups in total. The number of hydrogen-bond donors (Lipinski definition) is 2. The molecule has 0 bridgehead atoms. The van der Waals surface area contributed by atoms with Gasteiger partial charge in [-0.2, -0.15) is 0 Å². The number of urea groups is 1. The molecule has 0 spiro atoms. The fourth-order valence-electron chi connectivity index (χ4n) is 3.39. The lowest BCUT2D eigenvalue weighted by molar-refractivity contribution is 0.153. The van der Waals surface area contributed by atoms with E-state index in [2.05, 4.69) is 16.7 Å². The van der Waals surface area contributed by atoms with Crippen molar-refractivity contribution in [2.75, 3.05) is 37.7 Å². The minimum Gasteiger partial charge on any atom is -0.377 e. The maximum absolute atomic E-state index is 14.0. The number of rotatable bonds is 5. The highest BCUT2D eigenvalue weighted by Gasteiger charge is 2.23. The van der Waals surface area contributed by atoms with Gasteiger partial charge in [0.15, 0.2) is 0 Å². The molecule has 1 aromatic rings. The Bertz CT molecular complexity index is 620. The Kier molecular flexibility index (Phi) is 6.28. The van der Waals surface area contributed by atoms with Crippen LogP contribution in [0, 0.1) is 5.82 Å². The number of benzene rings is 1. The van der Waals surface area contributed by atoms with E-state index in [1.165, 1.54) is 11.6 Å². The van der Waals surface area contributed by atoms with E-state index in [0.29, 0.717) is 25.4 Å². The summed E-state index contributed by atoms with van der Waals surface area (Å²) in [6, 6.07) is 6.69. The van der Waals surface area contributed by atoms with Crippen LogP contribution in [-0.4, -0.2) is 44.9 Å². The Labute approximate surface area is 148 Å². The quantitative estimate of drug-likeness (QED) is 0.806. The molecule has 2 aliphatic rings. The maximum Gasteiger partial charge on any atom is 0.315 e. The maximum atomic E-state index is 14.0. The Morgan fingerprint density at radius 3 is 3.04 bits per heavy atom. The minimum atomic E-state index is -0.211. The van der Waals surface area contributed by atoms with Crippen LogP contribution in [-0.2, 0) is 4.74 Å². The Hall–Kier alpha value is -2.08. The normalized spacial score (nSPS) is 20.8. The molecule has 1 atom stereocenters. The van der Waals surface area contributed by atoms with Gasteiger partial charge in [0, 0.05) is 25.7 Å². The zero-order valence-electron chi connectivity index (χ0n) is 14.5. The van der Waals surface area contributed by atoms with Crippen LogP contribution in [0.5, 0.6) is 0 Å². The van der Waals surface area contributed by atoms with Crippen molar-refractivity contribution in [1.29, 1.82) is 0 Å². The standard InChI is InChI=1S/C19H26FN3O2/c20-17-5-1-2-6-18(17)23-11-3-4-16(14-23)22-19(24)21-10-7-15-8-12-25-13-9-15/h1-2,5-6,8,16H,3-4,7,9-14H2,(H2,21,22,24)/t16-/m0/s1. The smallest absolute Gasteiger partial charge is 0.315 e. The molecule has 0 radical (unpaired) electrons. The van der Waals surface area contributed by atoms with Gasteiger partial charge < -0.3 is 20.3 Å². The highest BCUT2D eigenvalue weighted by atomic mass is 19.1. The fourth-order valence-corrected chi connectivity index (χ4v) is 3.39. The van der Waals surface area contributed by atoms with Crippen LogP contribution in [0.4, 0.5) is 14.9 Å². The number of piperidine rings is 1. The summed E-state index contributed by atoms with van der Waals surface area (Å²) in [5.74, 6) is -0.211. The van der Waals surface area contributed by atoms with E-state index in [1.54, 1.807) is 12.1 Å². The largest absolute Gasteiger partial charge is 0.377 e. The molecule has 0 unspecified atom stereocenters. The van der Waals surface area contributed by atoms with E-state index < -0.39 is 0 Å². The Morgan fingerprint density at radius 2 is 2.24 bits per heavy atom. The molecule has 3 rings (SSSR count). The monoisotopic (exact) mass is 347 g/mol. The number of nitrogens with one attached hydrogen (secondary N) is 2. The van der Waals surface area contributed by atoms with E-state index in [9.17, 15) is 9.18 Å². The molecule has 2 amide bonds. The summed E-state index contributed by atoms with van der Waals surface area (Å²) >= 11 is 0. The first-order valence-electron chi connectivity index (χ1n) is 9.02. The van der Waals surface area contributed by atoms with E-state index in [0.717, 1.165) is 38.8 Å². The van der Waals surface area contributed by atoms with Crippen molar-refractivity contribution < 1.29 is 13.9 Å². The average molecular weight is 347 g/mol. The average Bonchev–Trinajstić information content (AvgIpc) is 2.63. The number of hydrogen-bond acceptors (Lipinski definition) is 3. The van der Waals surface area contributed by atoms with Crippen molar-refractivity contribution in [2.24, 2.45) is 0 Å². The lowest BCUT2D eigenvalue weighted by atomic mass is 10.0. The lowest BCUT2D eigenvalue weighted by Gasteiger charge is -2.34. The third kappa shape index (κ3) is 5.19. The van der Waals surface area contributed by atoms with Crippen LogP contribution < -0.4 is 15.5 Å². The third-order valence-electron chi connectivity index (χ3n) is 4.74. The number of nitrogens with zero attached hydrogens (tertiary/aromatic N) is 1.